The molecule has 0 saturated heterocycles. The normalized spacial score (nSPS) is 25.3. The van der Waals surface area contributed by atoms with Gasteiger partial charge >= 0.3 is 5.97 Å². The van der Waals surface area contributed by atoms with Crippen LogP contribution in [0.2, 0.25) is 0 Å². The number of carbonyl (C=O) groups is 1. The third-order valence-corrected chi connectivity index (χ3v) is 3.35. The van der Waals surface area contributed by atoms with E-state index in [1.54, 1.807) is 0 Å². The smallest absolute Gasteiger partial charge is 0.332 e. The monoisotopic (exact) mass is 227 g/mol. The van der Waals surface area contributed by atoms with Gasteiger partial charge in [-0.15, -0.1) is 0 Å². The van der Waals surface area contributed by atoms with Crippen LogP contribution >= 0.6 is 0 Å². The Kier molecular flexibility index (Phi) is 5.49. The lowest BCUT2D eigenvalue weighted by Crippen LogP contribution is -2.33. The van der Waals surface area contributed by atoms with E-state index >= 15 is 0 Å². The van der Waals surface area contributed by atoms with Gasteiger partial charge in [0.1, 0.15) is 0 Å². The Morgan fingerprint density at radius 3 is 2.50 bits per heavy atom. The van der Waals surface area contributed by atoms with Crippen molar-refractivity contribution in [2.24, 2.45) is 11.8 Å². The van der Waals surface area contributed by atoms with Crippen LogP contribution in [0.5, 0.6) is 0 Å². The molecule has 0 spiro atoms. The molecule has 1 saturated carbocycles. The standard InChI is InChI=1S/C12H21NO3/c1-9(12(15)16)6-13-7-10-4-2-3-5-11(10)8-14/h10-11,13-14H,1-8H2,(H,15,16). The Morgan fingerprint density at radius 2 is 1.94 bits per heavy atom. The lowest BCUT2D eigenvalue weighted by Gasteiger charge is -2.30. The van der Waals surface area contributed by atoms with Crippen molar-refractivity contribution in [3.63, 3.8) is 0 Å². The van der Waals surface area contributed by atoms with E-state index in [0.29, 0.717) is 18.4 Å². The molecule has 0 heterocycles. The molecule has 0 aromatic carbocycles. The van der Waals surface area contributed by atoms with Crippen molar-refractivity contribution in [1.82, 2.24) is 5.32 Å². The van der Waals surface area contributed by atoms with Crippen LogP contribution in [-0.4, -0.2) is 35.9 Å². The van der Waals surface area contributed by atoms with E-state index < -0.39 is 5.97 Å². The van der Waals surface area contributed by atoms with E-state index in [1.807, 2.05) is 0 Å². The number of rotatable bonds is 6. The van der Waals surface area contributed by atoms with Crippen LogP contribution in [-0.2, 0) is 4.79 Å². The molecule has 4 nitrogen and oxygen atoms in total. The first-order valence-corrected chi connectivity index (χ1v) is 5.87. The van der Waals surface area contributed by atoms with Gasteiger partial charge in [0.25, 0.3) is 0 Å². The maximum atomic E-state index is 10.5. The summed E-state index contributed by atoms with van der Waals surface area (Å²) >= 11 is 0. The summed E-state index contributed by atoms with van der Waals surface area (Å²) in [6, 6.07) is 0. The molecule has 2 atom stereocenters. The van der Waals surface area contributed by atoms with Gasteiger partial charge in [0, 0.05) is 18.7 Å². The van der Waals surface area contributed by atoms with Gasteiger partial charge in [0.15, 0.2) is 0 Å². The van der Waals surface area contributed by atoms with Gasteiger partial charge < -0.3 is 15.5 Å². The average Bonchev–Trinajstić information content (AvgIpc) is 2.29. The van der Waals surface area contributed by atoms with Crippen molar-refractivity contribution in [3.8, 4) is 0 Å². The van der Waals surface area contributed by atoms with Crippen molar-refractivity contribution in [1.29, 1.82) is 0 Å². The lowest BCUT2D eigenvalue weighted by molar-refractivity contribution is -0.132. The second kappa shape index (κ2) is 6.66. The van der Waals surface area contributed by atoms with E-state index in [0.717, 1.165) is 19.4 Å². The summed E-state index contributed by atoms with van der Waals surface area (Å²) in [4.78, 5) is 10.5. The summed E-state index contributed by atoms with van der Waals surface area (Å²) < 4.78 is 0. The summed E-state index contributed by atoms with van der Waals surface area (Å²) in [6.07, 6.45) is 4.62. The van der Waals surface area contributed by atoms with Gasteiger partial charge in [-0.05, 0) is 31.2 Å². The molecule has 92 valence electrons. The molecule has 1 aliphatic carbocycles. The summed E-state index contributed by atoms with van der Waals surface area (Å²) in [5.41, 5.74) is 0.191. The van der Waals surface area contributed by atoms with Crippen molar-refractivity contribution < 1.29 is 15.0 Å². The fraction of sp³-hybridized carbons (Fsp3) is 0.750. The number of carboxylic acid groups (broad SMARTS) is 1. The van der Waals surface area contributed by atoms with Crippen molar-refractivity contribution in [3.05, 3.63) is 12.2 Å². The highest BCUT2D eigenvalue weighted by molar-refractivity contribution is 5.86. The number of hydrogen-bond acceptors (Lipinski definition) is 3. The molecule has 0 bridgehead atoms. The Bertz CT molecular complexity index is 253. The summed E-state index contributed by atoms with van der Waals surface area (Å²) in [5.74, 6) is -0.102. The summed E-state index contributed by atoms with van der Waals surface area (Å²) in [5, 5.41) is 21.0. The molecule has 0 aromatic heterocycles. The molecule has 0 radical (unpaired) electrons. The van der Waals surface area contributed by atoms with Crippen LogP contribution in [0.15, 0.2) is 12.2 Å². The summed E-state index contributed by atoms with van der Waals surface area (Å²) in [7, 11) is 0. The Hall–Kier alpha value is -0.870. The number of carboxylic acids is 1. The van der Waals surface area contributed by atoms with Crippen molar-refractivity contribution in [2.45, 2.75) is 25.7 Å². The second-order valence-electron chi connectivity index (χ2n) is 4.53. The van der Waals surface area contributed by atoms with Gasteiger partial charge in [-0.1, -0.05) is 19.4 Å². The zero-order chi connectivity index (χ0) is 12.0. The minimum atomic E-state index is -0.949. The van der Waals surface area contributed by atoms with Crippen molar-refractivity contribution in [2.75, 3.05) is 19.7 Å². The third-order valence-electron chi connectivity index (χ3n) is 3.35. The fourth-order valence-corrected chi connectivity index (χ4v) is 2.28. The number of hydrogen-bond donors (Lipinski definition) is 3. The van der Waals surface area contributed by atoms with E-state index in [-0.39, 0.29) is 12.2 Å². The zero-order valence-corrected chi connectivity index (χ0v) is 9.61. The predicted octanol–water partition coefficient (Wildman–Crippen LogP) is 1.02. The SMILES string of the molecule is C=C(CNCC1CCCCC1CO)C(=O)O. The minimum absolute atomic E-state index is 0.191. The predicted molar refractivity (Wildman–Crippen MR) is 62.2 cm³/mol. The third kappa shape index (κ3) is 3.94. The number of aliphatic hydroxyl groups is 1. The average molecular weight is 227 g/mol. The van der Waals surface area contributed by atoms with Gasteiger partial charge in [0.2, 0.25) is 0 Å². The number of aliphatic hydroxyl groups excluding tert-OH is 1. The first-order valence-electron chi connectivity index (χ1n) is 5.87. The highest BCUT2D eigenvalue weighted by Crippen LogP contribution is 2.28. The number of aliphatic carboxylic acids is 1. The van der Waals surface area contributed by atoms with Crippen molar-refractivity contribution >= 4 is 5.97 Å². The molecule has 4 heteroatoms. The molecular formula is C12H21NO3. The van der Waals surface area contributed by atoms with Crippen LogP contribution in [0.1, 0.15) is 25.7 Å². The molecule has 1 rings (SSSR count). The molecule has 0 aliphatic heterocycles. The molecule has 0 aromatic rings. The van der Waals surface area contributed by atoms with Crippen LogP contribution < -0.4 is 5.32 Å². The van der Waals surface area contributed by atoms with E-state index in [2.05, 4.69) is 11.9 Å². The largest absolute Gasteiger partial charge is 0.478 e. The minimum Gasteiger partial charge on any atom is -0.478 e. The maximum absolute atomic E-state index is 10.5. The van der Waals surface area contributed by atoms with E-state index in [1.165, 1.54) is 12.8 Å². The first kappa shape index (κ1) is 13.2. The zero-order valence-electron chi connectivity index (χ0n) is 9.61. The van der Waals surface area contributed by atoms with Crippen LogP contribution in [0.3, 0.4) is 0 Å². The molecule has 16 heavy (non-hydrogen) atoms. The van der Waals surface area contributed by atoms with Gasteiger partial charge in [-0.2, -0.15) is 0 Å². The van der Waals surface area contributed by atoms with E-state index in [9.17, 15) is 9.90 Å². The van der Waals surface area contributed by atoms with Gasteiger partial charge in [-0.3, -0.25) is 0 Å². The molecular weight excluding hydrogens is 206 g/mol. The molecule has 2 unspecified atom stereocenters. The fourth-order valence-electron chi connectivity index (χ4n) is 2.28. The molecule has 1 aliphatic rings. The van der Waals surface area contributed by atoms with Gasteiger partial charge in [-0.25, -0.2) is 4.79 Å². The second-order valence-corrected chi connectivity index (χ2v) is 4.53. The van der Waals surface area contributed by atoms with E-state index in [4.69, 9.17) is 5.11 Å². The first-order chi connectivity index (χ1) is 7.65. The van der Waals surface area contributed by atoms with Crippen LogP contribution in [0.4, 0.5) is 0 Å². The number of nitrogens with one attached hydrogen (secondary N) is 1. The Labute approximate surface area is 96.4 Å². The van der Waals surface area contributed by atoms with Crippen LogP contribution in [0, 0.1) is 11.8 Å². The quantitative estimate of drug-likeness (QED) is 0.592. The highest BCUT2D eigenvalue weighted by atomic mass is 16.4. The topological polar surface area (TPSA) is 69.6 Å². The maximum Gasteiger partial charge on any atom is 0.332 e. The van der Waals surface area contributed by atoms with Gasteiger partial charge in [0.05, 0.1) is 0 Å². The summed E-state index contributed by atoms with van der Waals surface area (Å²) in [6.45, 7) is 4.81. The highest BCUT2D eigenvalue weighted by Gasteiger charge is 2.23. The Balaban J connectivity index is 2.25. The Morgan fingerprint density at radius 1 is 1.31 bits per heavy atom. The lowest BCUT2D eigenvalue weighted by atomic mass is 9.79. The van der Waals surface area contributed by atoms with Crippen LogP contribution in [0.25, 0.3) is 0 Å². The molecule has 1 fully saturated rings. The molecule has 0 amide bonds. The molecule has 3 N–H and O–H groups in total.